The first-order valence-corrected chi connectivity index (χ1v) is 9.20. The molecule has 0 radical (unpaired) electrons. The Kier molecular flexibility index (Phi) is 5.23. The molecule has 24 heavy (non-hydrogen) atoms. The van der Waals surface area contributed by atoms with Gasteiger partial charge in [0.25, 0.3) is 0 Å². The summed E-state index contributed by atoms with van der Waals surface area (Å²) in [7, 11) is 0. The van der Waals surface area contributed by atoms with Gasteiger partial charge in [-0.15, -0.1) is 0 Å². The lowest BCUT2D eigenvalue weighted by molar-refractivity contribution is 0.432. The van der Waals surface area contributed by atoms with E-state index in [1.165, 1.54) is 6.07 Å². The summed E-state index contributed by atoms with van der Waals surface area (Å²) in [5.74, 6) is 1.08. The molecule has 4 nitrogen and oxygen atoms in total. The molecule has 126 valence electrons. The highest BCUT2D eigenvalue weighted by atomic mass is 35.5. The van der Waals surface area contributed by atoms with Crippen LogP contribution < -0.4 is 5.63 Å². The van der Waals surface area contributed by atoms with E-state index >= 15 is 0 Å². The lowest BCUT2D eigenvalue weighted by Crippen LogP contribution is -2.17. The van der Waals surface area contributed by atoms with Gasteiger partial charge in [0.15, 0.2) is 0 Å². The van der Waals surface area contributed by atoms with Crippen LogP contribution in [-0.4, -0.2) is 23.1 Å². The Labute approximate surface area is 153 Å². The third-order valence-corrected chi connectivity index (χ3v) is 5.75. The van der Waals surface area contributed by atoms with Gasteiger partial charge in [-0.05, 0) is 24.6 Å². The van der Waals surface area contributed by atoms with Crippen molar-refractivity contribution in [2.45, 2.75) is 18.6 Å². The number of halogens is 2. The van der Waals surface area contributed by atoms with Crippen molar-refractivity contribution in [2.75, 3.05) is 12.3 Å². The zero-order valence-electron chi connectivity index (χ0n) is 12.9. The molecule has 0 amide bonds. The van der Waals surface area contributed by atoms with Gasteiger partial charge in [0, 0.05) is 30.0 Å². The van der Waals surface area contributed by atoms with Crippen molar-refractivity contribution < 1.29 is 9.52 Å². The van der Waals surface area contributed by atoms with E-state index in [0.29, 0.717) is 34.5 Å². The van der Waals surface area contributed by atoms with Gasteiger partial charge in [-0.25, -0.2) is 4.79 Å². The van der Waals surface area contributed by atoms with E-state index < -0.39 is 5.63 Å². The Bertz CT molecular complexity index is 863. The molecule has 1 aromatic carbocycles. The van der Waals surface area contributed by atoms with Gasteiger partial charge in [0.1, 0.15) is 17.1 Å². The first-order valence-electron chi connectivity index (χ1n) is 7.39. The molecular weight excluding hydrogens is 369 g/mol. The second-order valence-corrected chi connectivity index (χ2v) is 7.60. The summed E-state index contributed by atoms with van der Waals surface area (Å²) in [5, 5.41) is 11.2. The zero-order valence-corrected chi connectivity index (χ0v) is 15.2. The second-order valence-electron chi connectivity index (χ2n) is 5.47. The molecule has 2 aromatic rings. The fraction of sp³-hybridized carbons (Fsp3) is 0.294. The van der Waals surface area contributed by atoms with Gasteiger partial charge >= 0.3 is 5.63 Å². The van der Waals surface area contributed by atoms with Gasteiger partial charge in [-0.2, -0.15) is 11.8 Å². The molecular formula is C17H15Cl2NO3S. The summed E-state index contributed by atoms with van der Waals surface area (Å²) >= 11 is 13.8. The molecule has 7 heteroatoms. The summed E-state index contributed by atoms with van der Waals surface area (Å²) in [6.07, 6.45) is 0.504. The molecule has 0 bridgehead atoms. The largest absolute Gasteiger partial charge is 0.507 e. The van der Waals surface area contributed by atoms with Crippen LogP contribution in [0.25, 0.3) is 0 Å². The minimum atomic E-state index is -0.564. The highest BCUT2D eigenvalue weighted by Gasteiger charge is 2.24. The number of hydrogen-bond donors (Lipinski definition) is 1. The van der Waals surface area contributed by atoms with Crippen molar-refractivity contribution in [1.82, 2.24) is 0 Å². The Morgan fingerprint density at radius 3 is 2.79 bits per heavy atom. The van der Waals surface area contributed by atoms with E-state index in [0.717, 1.165) is 11.3 Å². The van der Waals surface area contributed by atoms with Crippen molar-refractivity contribution in [2.24, 2.45) is 4.99 Å². The van der Waals surface area contributed by atoms with Gasteiger partial charge in [-0.1, -0.05) is 29.3 Å². The smallest absolute Gasteiger partial charge is 0.348 e. The molecule has 1 aliphatic heterocycles. The van der Waals surface area contributed by atoms with Crippen LogP contribution in [0.15, 0.2) is 38.5 Å². The van der Waals surface area contributed by atoms with Crippen LogP contribution in [0.1, 0.15) is 28.6 Å². The second kappa shape index (κ2) is 7.21. The van der Waals surface area contributed by atoms with E-state index in [1.54, 1.807) is 24.8 Å². The predicted octanol–water partition coefficient (Wildman–Crippen LogP) is 4.63. The molecule has 0 unspecified atom stereocenters. The quantitative estimate of drug-likeness (QED) is 0.820. The first-order chi connectivity index (χ1) is 11.5. The maximum Gasteiger partial charge on any atom is 0.348 e. The maximum absolute atomic E-state index is 12.2. The van der Waals surface area contributed by atoms with Crippen molar-refractivity contribution in [3.8, 4) is 5.75 Å². The van der Waals surface area contributed by atoms with Crippen LogP contribution >= 0.6 is 35.0 Å². The molecule has 1 aromatic heterocycles. The van der Waals surface area contributed by atoms with Gasteiger partial charge < -0.3 is 9.52 Å². The number of hydrogen-bond acceptors (Lipinski definition) is 5. The lowest BCUT2D eigenvalue weighted by Gasteiger charge is -2.16. The Morgan fingerprint density at radius 1 is 1.29 bits per heavy atom. The number of nitrogens with zero attached hydrogens (tertiary/aromatic N) is 1. The van der Waals surface area contributed by atoms with Crippen LogP contribution in [0.3, 0.4) is 0 Å². The average Bonchev–Trinajstić information content (AvgIpc) is 2.75. The fourth-order valence-electron chi connectivity index (χ4n) is 2.64. The minimum Gasteiger partial charge on any atom is -0.507 e. The fourth-order valence-corrected chi connectivity index (χ4v) is 4.05. The van der Waals surface area contributed by atoms with Crippen LogP contribution in [-0.2, 0) is 0 Å². The molecule has 1 atom stereocenters. The number of aryl methyl sites for hydroxylation is 1. The molecule has 0 spiro atoms. The molecule has 1 N–H and O–H groups in total. The van der Waals surface area contributed by atoms with Crippen molar-refractivity contribution >= 4 is 40.7 Å². The summed E-state index contributed by atoms with van der Waals surface area (Å²) in [4.78, 5) is 16.6. The normalized spacial score (nSPS) is 18.1. The topological polar surface area (TPSA) is 62.8 Å². The van der Waals surface area contributed by atoms with Gasteiger partial charge in [-0.3, -0.25) is 4.99 Å². The average molecular weight is 384 g/mol. The molecule has 2 heterocycles. The van der Waals surface area contributed by atoms with Crippen molar-refractivity contribution in [3.05, 3.63) is 61.6 Å². The van der Waals surface area contributed by atoms with E-state index in [1.807, 2.05) is 12.1 Å². The van der Waals surface area contributed by atoms with E-state index in [2.05, 4.69) is 4.99 Å². The first kappa shape index (κ1) is 17.4. The SMILES string of the molecule is Cc1cc(O)c(C2=NCCS[C@@H](c3ccc(Cl)c(Cl)c3)C2)c(=O)o1. The van der Waals surface area contributed by atoms with Crippen LogP contribution in [0.5, 0.6) is 5.75 Å². The Morgan fingerprint density at radius 2 is 2.08 bits per heavy atom. The number of aromatic hydroxyl groups is 1. The standard InChI is InChI=1S/C17H15Cl2NO3S/c1-9-6-14(21)16(17(22)23-9)13-8-15(24-5-4-20-13)10-2-3-11(18)12(19)7-10/h2-3,6-7,15,21H,4-5,8H2,1H3/t15-/m1/s1. The van der Waals surface area contributed by atoms with Crippen LogP contribution in [0.2, 0.25) is 10.0 Å². The zero-order chi connectivity index (χ0) is 17.3. The molecule has 3 rings (SSSR count). The van der Waals surface area contributed by atoms with Crippen LogP contribution in [0.4, 0.5) is 0 Å². The number of rotatable bonds is 2. The third kappa shape index (κ3) is 3.63. The van der Waals surface area contributed by atoms with E-state index in [4.69, 9.17) is 27.6 Å². The summed E-state index contributed by atoms with van der Waals surface area (Å²) in [5.41, 5.74) is 1.15. The number of aliphatic imine (C=N–C) groups is 1. The summed E-state index contributed by atoms with van der Waals surface area (Å²) in [6.45, 7) is 2.19. The molecule has 0 saturated heterocycles. The molecule has 0 aliphatic carbocycles. The molecule has 1 aliphatic rings. The monoisotopic (exact) mass is 383 g/mol. The van der Waals surface area contributed by atoms with E-state index in [9.17, 15) is 9.90 Å². The third-order valence-electron chi connectivity index (χ3n) is 3.75. The minimum absolute atomic E-state index is 0.0705. The maximum atomic E-state index is 12.2. The predicted molar refractivity (Wildman–Crippen MR) is 99.1 cm³/mol. The Hall–Kier alpha value is -1.43. The Balaban J connectivity index is 1.97. The lowest BCUT2D eigenvalue weighted by atomic mass is 10.0. The van der Waals surface area contributed by atoms with Gasteiger partial charge in [0.2, 0.25) is 0 Å². The summed E-state index contributed by atoms with van der Waals surface area (Å²) < 4.78 is 5.12. The highest BCUT2D eigenvalue weighted by Crippen LogP contribution is 2.38. The van der Waals surface area contributed by atoms with E-state index in [-0.39, 0.29) is 16.6 Å². The van der Waals surface area contributed by atoms with Crippen LogP contribution in [0, 0.1) is 6.92 Å². The molecule has 0 saturated carbocycles. The molecule has 0 fully saturated rings. The number of thioether (sulfide) groups is 1. The highest BCUT2D eigenvalue weighted by molar-refractivity contribution is 7.99. The van der Waals surface area contributed by atoms with Crippen molar-refractivity contribution in [3.63, 3.8) is 0 Å². The van der Waals surface area contributed by atoms with Crippen molar-refractivity contribution in [1.29, 1.82) is 0 Å². The number of benzene rings is 1. The van der Waals surface area contributed by atoms with Gasteiger partial charge in [0.05, 0.1) is 15.8 Å². The summed E-state index contributed by atoms with van der Waals surface area (Å²) in [6, 6.07) is 6.96.